The molecule has 1 aromatic carbocycles. The summed E-state index contributed by atoms with van der Waals surface area (Å²) >= 11 is 0. The van der Waals surface area contributed by atoms with Crippen LogP contribution < -0.4 is 5.32 Å². The summed E-state index contributed by atoms with van der Waals surface area (Å²) in [7, 11) is 0. The van der Waals surface area contributed by atoms with Crippen molar-refractivity contribution in [3.63, 3.8) is 0 Å². The molecule has 1 atom stereocenters. The lowest BCUT2D eigenvalue weighted by Gasteiger charge is -2.33. The number of hydrogen-bond donors (Lipinski definition) is 1. The van der Waals surface area contributed by atoms with Crippen LogP contribution in [-0.2, 0) is 0 Å². The van der Waals surface area contributed by atoms with Crippen LogP contribution in [0.3, 0.4) is 0 Å². The molecule has 1 fully saturated rings. The summed E-state index contributed by atoms with van der Waals surface area (Å²) in [6.07, 6.45) is 7.18. The molecule has 0 aromatic heterocycles. The molecular formula is C14H19N. The predicted octanol–water partition coefficient (Wildman–Crippen LogP) is 3.78. The Labute approximate surface area is 91.9 Å². The van der Waals surface area contributed by atoms with Crippen molar-refractivity contribution in [1.29, 1.82) is 0 Å². The van der Waals surface area contributed by atoms with Gasteiger partial charge in [0.2, 0.25) is 0 Å². The zero-order chi connectivity index (χ0) is 10.1. The quantitative estimate of drug-likeness (QED) is 0.768. The molecule has 0 saturated heterocycles. The summed E-state index contributed by atoms with van der Waals surface area (Å²) in [6, 6.07) is 8.85. The highest BCUT2D eigenvalue weighted by molar-refractivity contribution is 5.54. The summed E-state index contributed by atoms with van der Waals surface area (Å²) in [5, 5.41) is 3.50. The van der Waals surface area contributed by atoms with E-state index < -0.39 is 0 Å². The molecule has 2 aliphatic rings. The van der Waals surface area contributed by atoms with Crippen LogP contribution in [0.4, 0.5) is 5.69 Å². The van der Waals surface area contributed by atoms with Gasteiger partial charge in [0.05, 0.1) is 0 Å². The first kappa shape index (κ1) is 9.26. The molecule has 1 aliphatic heterocycles. The van der Waals surface area contributed by atoms with Gasteiger partial charge >= 0.3 is 0 Å². The topological polar surface area (TPSA) is 12.0 Å². The molecule has 1 heterocycles. The summed E-state index contributed by atoms with van der Waals surface area (Å²) < 4.78 is 0. The van der Waals surface area contributed by atoms with Gasteiger partial charge in [0.25, 0.3) is 0 Å². The molecule has 80 valence electrons. The minimum atomic E-state index is 0.827. The zero-order valence-corrected chi connectivity index (χ0v) is 9.21. The van der Waals surface area contributed by atoms with Crippen molar-refractivity contribution in [3.05, 3.63) is 29.8 Å². The van der Waals surface area contributed by atoms with Crippen molar-refractivity contribution in [2.24, 2.45) is 5.92 Å². The van der Waals surface area contributed by atoms with Crippen molar-refractivity contribution in [3.8, 4) is 0 Å². The highest BCUT2D eigenvalue weighted by atomic mass is 14.9. The van der Waals surface area contributed by atoms with Gasteiger partial charge in [-0.1, -0.05) is 37.5 Å². The van der Waals surface area contributed by atoms with E-state index in [2.05, 4.69) is 29.6 Å². The Bertz CT molecular complexity index is 341. The Balaban J connectivity index is 1.79. The number of benzene rings is 1. The fraction of sp³-hybridized carbons (Fsp3) is 0.571. The minimum Gasteiger partial charge on any atom is -0.385 e. The SMILES string of the molecule is c1ccc2c(c1)NCCC2CC1CCC1. The van der Waals surface area contributed by atoms with E-state index in [1.807, 2.05) is 0 Å². The van der Waals surface area contributed by atoms with Crippen molar-refractivity contribution < 1.29 is 0 Å². The van der Waals surface area contributed by atoms with E-state index in [1.54, 1.807) is 5.56 Å². The Morgan fingerprint density at radius 3 is 2.80 bits per heavy atom. The standard InChI is InChI=1S/C14H19N/c1-2-7-14-13(6-1)12(8-9-15-14)10-11-4-3-5-11/h1-2,6-7,11-12,15H,3-5,8-10H2. The maximum Gasteiger partial charge on any atom is 0.0375 e. The Kier molecular flexibility index (Phi) is 2.40. The summed E-state index contributed by atoms with van der Waals surface area (Å²) in [4.78, 5) is 0. The van der Waals surface area contributed by atoms with Crippen molar-refractivity contribution in [1.82, 2.24) is 0 Å². The van der Waals surface area contributed by atoms with E-state index in [9.17, 15) is 0 Å². The van der Waals surface area contributed by atoms with Gasteiger partial charge in [0, 0.05) is 12.2 Å². The van der Waals surface area contributed by atoms with Crippen LogP contribution in [0, 0.1) is 5.92 Å². The molecule has 0 radical (unpaired) electrons. The predicted molar refractivity (Wildman–Crippen MR) is 64.2 cm³/mol. The molecule has 0 spiro atoms. The largest absolute Gasteiger partial charge is 0.385 e. The van der Waals surface area contributed by atoms with E-state index in [-0.39, 0.29) is 0 Å². The van der Waals surface area contributed by atoms with Gasteiger partial charge in [-0.05, 0) is 36.3 Å². The molecular weight excluding hydrogens is 182 g/mol. The van der Waals surface area contributed by atoms with Gasteiger partial charge in [0.15, 0.2) is 0 Å². The lowest BCUT2D eigenvalue weighted by atomic mass is 9.75. The van der Waals surface area contributed by atoms with Crippen LogP contribution in [0.25, 0.3) is 0 Å². The average molecular weight is 201 g/mol. The molecule has 0 amide bonds. The third kappa shape index (κ3) is 1.75. The maximum atomic E-state index is 3.50. The van der Waals surface area contributed by atoms with Crippen molar-refractivity contribution in [2.75, 3.05) is 11.9 Å². The van der Waals surface area contributed by atoms with Gasteiger partial charge in [-0.2, -0.15) is 0 Å². The zero-order valence-electron chi connectivity index (χ0n) is 9.21. The number of hydrogen-bond acceptors (Lipinski definition) is 1. The van der Waals surface area contributed by atoms with E-state index in [0.717, 1.165) is 18.4 Å². The molecule has 0 bridgehead atoms. The second kappa shape index (κ2) is 3.88. The van der Waals surface area contributed by atoms with Crippen LogP contribution in [0.2, 0.25) is 0 Å². The third-order valence-corrected chi connectivity index (χ3v) is 4.05. The third-order valence-electron chi connectivity index (χ3n) is 4.05. The van der Waals surface area contributed by atoms with E-state index in [4.69, 9.17) is 0 Å². The summed E-state index contributed by atoms with van der Waals surface area (Å²) in [5.41, 5.74) is 2.95. The van der Waals surface area contributed by atoms with Crippen LogP contribution in [-0.4, -0.2) is 6.54 Å². The Hall–Kier alpha value is -0.980. The number of rotatable bonds is 2. The first-order valence-corrected chi connectivity index (χ1v) is 6.26. The molecule has 1 nitrogen and oxygen atoms in total. The molecule has 3 rings (SSSR count). The molecule has 1 saturated carbocycles. The normalized spacial score (nSPS) is 25.2. The van der Waals surface area contributed by atoms with Crippen LogP contribution in [0.15, 0.2) is 24.3 Å². The Morgan fingerprint density at radius 2 is 2.00 bits per heavy atom. The highest BCUT2D eigenvalue weighted by Crippen LogP contribution is 2.40. The second-order valence-corrected chi connectivity index (χ2v) is 5.03. The smallest absolute Gasteiger partial charge is 0.0375 e. The number of anilines is 1. The van der Waals surface area contributed by atoms with Crippen LogP contribution in [0.1, 0.15) is 43.6 Å². The summed E-state index contributed by atoms with van der Waals surface area (Å²) in [5.74, 6) is 1.86. The van der Waals surface area contributed by atoms with E-state index >= 15 is 0 Å². The molecule has 1 heteroatoms. The van der Waals surface area contributed by atoms with E-state index in [0.29, 0.717) is 0 Å². The lowest BCUT2D eigenvalue weighted by molar-refractivity contribution is 0.271. The van der Waals surface area contributed by atoms with Gasteiger partial charge in [0.1, 0.15) is 0 Å². The summed E-state index contributed by atoms with van der Waals surface area (Å²) in [6.45, 7) is 1.16. The number of para-hydroxylation sites is 1. The first-order chi connectivity index (χ1) is 7.43. The maximum absolute atomic E-state index is 3.50. The van der Waals surface area contributed by atoms with Gasteiger partial charge < -0.3 is 5.32 Å². The van der Waals surface area contributed by atoms with Crippen LogP contribution in [0.5, 0.6) is 0 Å². The minimum absolute atomic E-state index is 0.827. The fourth-order valence-electron chi connectivity index (χ4n) is 2.93. The second-order valence-electron chi connectivity index (χ2n) is 5.03. The lowest BCUT2D eigenvalue weighted by Crippen LogP contribution is -2.21. The molecule has 15 heavy (non-hydrogen) atoms. The average Bonchev–Trinajstić information content (AvgIpc) is 2.23. The monoisotopic (exact) mass is 201 g/mol. The van der Waals surface area contributed by atoms with Crippen molar-refractivity contribution >= 4 is 5.69 Å². The molecule has 1 unspecified atom stereocenters. The number of fused-ring (bicyclic) bond motifs is 1. The van der Waals surface area contributed by atoms with Crippen molar-refractivity contribution in [2.45, 2.75) is 38.0 Å². The van der Waals surface area contributed by atoms with Gasteiger partial charge in [-0.25, -0.2) is 0 Å². The molecule has 1 aliphatic carbocycles. The van der Waals surface area contributed by atoms with Gasteiger partial charge in [-0.3, -0.25) is 0 Å². The fourth-order valence-corrected chi connectivity index (χ4v) is 2.93. The van der Waals surface area contributed by atoms with E-state index in [1.165, 1.54) is 37.8 Å². The molecule has 1 N–H and O–H groups in total. The first-order valence-electron chi connectivity index (χ1n) is 6.26. The van der Waals surface area contributed by atoms with Crippen LogP contribution >= 0.6 is 0 Å². The Morgan fingerprint density at radius 1 is 1.13 bits per heavy atom. The molecule has 1 aromatic rings. The number of nitrogens with one attached hydrogen (secondary N) is 1. The highest BCUT2D eigenvalue weighted by Gasteiger charge is 2.25. The van der Waals surface area contributed by atoms with Gasteiger partial charge in [-0.15, -0.1) is 0 Å².